The van der Waals surface area contributed by atoms with Crippen molar-refractivity contribution in [2.45, 2.75) is 13.8 Å². The highest BCUT2D eigenvalue weighted by atomic mass is 35.5. The fourth-order valence-electron chi connectivity index (χ4n) is 0.246. The molecule has 8 heavy (non-hydrogen) atoms. The van der Waals surface area contributed by atoms with E-state index in [1.807, 2.05) is 19.9 Å². The van der Waals surface area contributed by atoms with Gasteiger partial charge >= 0.3 is 0 Å². The maximum Gasteiger partial charge on any atom is 0.0991 e. The van der Waals surface area contributed by atoms with Crippen LogP contribution in [0.1, 0.15) is 13.8 Å². The van der Waals surface area contributed by atoms with E-state index in [0.29, 0.717) is 5.16 Å². The van der Waals surface area contributed by atoms with Crippen molar-refractivity contribution in [3.63, 3.8) is 0 Å². The van der Waals surface area contributed by atoms with Crippen LogP contribution in [-0.4, -0.2) is 0 Å². The predicted octanol–water partition coefficient (Wildman–Crippen LogP) is 1.99. The van der Waals surface area contributed by atoms with Crippen molar-refractivity contribution in [3.05, 3.63) is 22.9 Å². The molecule has 0 spiro atoms. The molecule has 0 amide bonds. The Labute approximate surface area is 54.8 Å². The van der Waals surface area contributed by atoms with E-state index < -0.39 is 0 Å². The topological polar surface area (TPSA) is 26.0 Å². The van der Waals surface area contributed by atoms with Gasteiger partial charge in [0.15, 0.2) is 0 Å². The van der Waals surface area contributed by atoms with Crippen molar-refractivity contribution in [1.82, 2.24) is 0 Å². The summed E-state index contributed by atoms with van der Waals surface area (Å²) in [5, 5.41) is 0.325. The molecule has 0 aromatic rings. The lowest BCUT2D eigenvalue weighted by Crippen LogP contribution is -1.84. The molecule has 0 rings (SSSR count). The van der Waals surface area contributed by atoms with Crippen LogP contribution in [-0.2, 0) is 0 Å². The summed E-state index contributed by atoms with van der Waals surface area (Å²) >= 11 is 5.32. The minimum absolute atomic E-state index is 0.325. The Kier molecular flexibility index (Phi) is 3.37. The SMILES string of the molecule is CC(C)=C/C=C(\N)Cl. The van der Waals surface area contributed by atoms with Crippen LogP contribution >= 0.6 is 11.6 Å². The maximum absolute atomic E-state index is 5.32. The van der Waals surface area contributed by atoms with Crippen LogP contribution in [0.25, 0.3) is 0 Å². The first-order valence-electron chi connectivity index (χ1n) is 2.39. The molecule has 0 saturated carbocycles. The second-order valence-electron chi connectivity index (χ2n) is 1.80. The molecule has 0 aromatic heterocycles. The highest BCUT2D eigenvalue weighted by molar-refractivity contribution is 6.29. The Morgan fingerprint density at radius 2 is 1.88 bits per heavy atom. The third kappa shape index (κ3) is 5.57. The van der Waals surface area contributed by atoms with E-state index in [0.717, 1.165) is 0 Å². The van der Waals surface area contributed by atoms with E-state index in [9.17, 15) is 0 Å². The first kappa shape index (κ1) is 7.57. The van der Waals surface area contributed by atoms with Crippen molar-refractivity contribution >= 4 is 11.6 Å². The van der Waals surface area contributed by atoms with Gasteiger partial charge in [0.05, 0.1) is 5.16 Å². The van der Waals surface area contributed by atoms with E-state index in [1.165, 1.54) is 5.57 Å². The molecule has 0 aliphatic rings. The van der Waals surface area contributed by atoms with E-state index in [4.69, 9.17) is 17.3 Å². The van der Waals surface area contributed by atoms with E-state index in [2.05, 4.69) is 0 Å². The molecule has 0 fully saturated rings. The standard InChI is InChI=1S/C6H10ClN/c1-5(2)3-4-6(7)8/h3-4H,8H2,1-2H3/b6-4-. The van der Waals surface area contributed by atoms with Gasteiger partial charge in [0.25, 0.3) is 0 Å². The molecule has 0 atom stereocenters. The second-order valence-corrected chi connectivity index (χ2v) is 2.23. The lowest BCUT2D eigenvalue weighted by Gasteiger charge is -1.82. The van der Waals surface area contributed by atoms with E-state index in [1.54, 1.807) is 6.08 Å². The average molecular weight is 132 g/mol. The molecule has 0 aliphatic carbocycles. The zero-order valence-corrected chi connectivity index (χ0v) is 5.87. The molecule has 2 N–H and O–H groups in total. The molecule has 46 valence electrons. The molecular formula is C6H10ClN. The highest BCUT2D eigenvalue weighted by Crippen LogP contribution is 1.94. The molecular weight excluding hydrogens is 122 g/mol. The van der Waals surface area contributed by atoms with Crippen molar-refractivity contribution in [1.29, 1.82) is 0 Å². The normalized spacial score (nSPS) is 11.1. The van der Waals surface area contributed by atoms with Crippen LogP contribution in [0.2, 0.25) is 0 Å². The third-order valence-electron chi connectivity index (χ3n) is 0.576. The summed E-state index contributed by atoms with van der Waals surface area (Å²) in [5.41, 5.74) is 6.31. The van der Waals surface area contributed by atoms with Crippen LogP contribution in [0.15, 0.2) is 22.9 Å². The zero-order valence-electron chi connectivity index (χ0n) is 5.11. The van der Waals surface area contributed by atoms with Gasteiger partial charge in [-0.05, 0) is 19.9 Å². The lowest BCUT2D eigenvalue weighted by molar-refractivity contribution is 1.38. The Balaban J connectivity index is 3.76. The summed E-state index contributed by atoms with van der Waals surface area (Å²) in [5.74, 6) is 0. The van der Waals surface area contributed by atoms with Gasteiger partial charge in [-0.25, -0.2) is 0 Å². The molecule has 2 heteroatoms. The number of hydrogen-bond acceptors (Lipinski definition) is 1. The average Bonchev–Trinajstić information content (AvgIpc) is 1.61. The summed E-state index contributed by atoms with van der Waals surface area (Å²) in [7, 11) is 0. The van der Waals surface area contributed by atoms with Gasteiger partial charge in [-0.1, -0.05) is 23.3 Å². The minimum Gasteiger partial charge on any atom is -0.389 e. The first-order valence-corrected chi connectivity index (χ1v) is 2.77. The predicted molar refractivity (Wildman–Crippen MR) is 37.6 cm³/mol. The maximum atomic E-state index is 5.32. The number of rotatable bonds is 1. The molecule has 0 bridgehead atoms. The van der Waals surface area contributed by atoms with Crippen molar-refractivity contribution in [2.24, 2.45) is 5.73 Å². The smallest absolute Gasteiger partial charge is 0.0991 e. The van der Waals surface area contributed by atoms with Gasteiger partial charge in [0, 0.05) is 0 Å². The van der Waals surface area contributed by atoms with Gasteiger partial charge in [-0.15, -0.1) is 0 Å². The van der Waals surface area contributed by atoms with Crippen LogP contribution in [0.3, 0.4) is 0 Å². The molecule has 1 nitrogen and oxygen atoms in total. The number of allylic oxidation sites excluding steroid dienone is 3. The molecule has 0 unspecified atom stereocenters. The van der Waals surface area contributed by atoms with Crippen molar-refractivity contribution in [3.8, 4) is 0 Å². The van der Waals surface area contributed by atoms with Crippen LogP contribution in [0.4, 0.5) is 0 Å². The van der Waals surface area contributed by atoms with E-state index >= 15 is 0 Å². The second kappa shape index (κ2) is 3.56. The van der Waals surface area contributed by atoms with Crippen molar-refractivity contribution < 1.29 is 0 Å². The molecule has 0 heterocycles. The fourth-order valence-corrected chi connectivity index (χ4v) is 0.309. The summed E-state index contributed by atoms with van der Waals surface area (Å²) in [4.78, 5) is 0. The summed E-state index contributed by atoms with van der Waals surface area (Å²) in [6, 6.07) is 0. The molecule has 0 aromatic carbocycles. The number of halogens is 1. The first-order chi connectivity index (χ1) is 3.63. The Morgan fingerprint density at radius 1 is 1.38 bits per heavy atom. The molecule has 0 aliphatic heterocycles. The Bertz CT molecular complexity index is 100. The molecule has 0 radical (unpaired) electrons. The summed E-state index contributed by atoms with van der Waals surface area (Å²) in [6.07, 6.45) is 3.53. The lowest BCUT2D eigenvalue weighted by atomic mass is 10.3. The van der Waals surface area contributed by atoms with Crippen LogP contribution in [0, 0.1) is 0 Å². The number of nitrogens with two attached hydrogens (primary N) is 1. The Hall–Kier alpha value is -0.430. The molecule has 0 saturated heterocycles. The van der Waals surface area contributed by atoms with Gasteiger partial charge < -0.3 is 5.73 Å². The summed E-state index contributed by atoms with van der Waals surface area (Å²) in [6.45, 7) is 3.96. The monoisotopic (exact) mass is 131 g/mol. The largest absolute Gasteiger partial charge is 0.389 e. The zero-order chi connectivity index (χ0) is 6.57. The van der Waals surface area contributed by atoms with Gasteiger partial charge in [0.1, 0.15) is 0 Å². The summed E-state index contributed by atoms with van der Waals surface area (Å²) < 4.78 is 0. The minimum atomic E-state index is 0.325. The highest BCUT2D eigenvalue weighted by Gasteiger charge is 1.74. The van der Waals surface area contributed by atoms with Crippen LogP contribution in [0.5, 0.6) is 0 Å². The number of hydrogen-bond donors (Lipinski definition) is 1. The van der Waals surface area contributed by atoms with Crippen molar-refractivity contribution in [2.75, 3.05) is 0 Å². The van der Waals surface area contributed by atoms with Gasteiger partial charge in [0.2, 0.25) is 0 Å². The Morgan fingerprint density at radius 3 is 2.00 bits per heavy atom. The van der Waals surface area contributed by atoms with Crippen LogP contribution < -0.4 is 5.73 Å². The van der Waals surface area contributed by atoms with E-state index in [-0.39, 0.29) is 0 Å². The fraction of sp³-hybridized carbons (Fsp3) is 0.333. The quantitative estimate of drug-likeness (QED) is 0.428. The van der Waals surface area contributed by atoms with Gasteiger partial charge in [-0.3, -0.25) is 0 Å². The third-order valence-corrected chi connectivity index (χ3v) is 0.702. The van der Waals surface area contributed by atoms with Gasteiger partial charge in [-0.2, -0.15) is 0 Å².